The van der Waals surface area contributed by atoms with E-state index in [1.807, 2.05) is 19.0 Å². The van der Waals surface area contributed by atoms with Crippen molar-refractivity contribution in [3.8, 4) is 0 Å². The van der Waals surface area contributed by atoms with Crippen LogP contribution in [-0.4, -0.2) is 71.3 Å². The Hall–Kier alpha value is -3.33. The first-order valence-corrected chi connectivity index (χ1v) is 10.4. The van der Waals surface area contributed by atoms with Crippen LogP contribution in [0.1, 0.15) is 51.8 Å². The summed E-state index contributed by atoms with van der Waals surface area (Å²) >= 11 is 0. The molecule has 9 heteroatoms. The molecule has 3 heterocycles. The molecule has 0 spiro atoms. The van der Waals surface area contributed by atoms with E-state index in [0.29, 0.717) is 34.9 Å². The van der Waals surface area contributed by atoms with Gasteiger partial charge in [0.15, 0.2) is 0 Å². The van der Waals surface area contributed by atoms with Crippen LogP contribution in [0.4, 0.5) is 0 Å². The molecule has 1 amide bonds. The molecule has 32 heavy (non-hydrogen) atoms. The number of likely N-dealkylation sites (N-methyl/N-ethyl adjacent to an activating group) is 1. The van der Waals surface area contributed by atoms with Gasteiger partial charge in [0.2, 0.25) is 0 Å². The van der Waals surface area contributed by atoms with Gasteiger partial charge in [-0.05, 0) is 59.5 Å². The molecule has 2 aromatic heterocycles. The SMILES string of the molecule is CCOC(=O)c1[nH]c(C)c(/C(O)=C2/C(=O)C(=O)N(CCN(C)C)C2c2ccc(C)o2)c1C. The number of aliphatic hydroxyl groups is 1. The van der Waals surface area contributed by atoms with Gasteiger partial charge in [-0.2, -0.15) is 0 Å². The topological polar surface area (TPSA) is 116 Å². The molecule has 0 saturated carbocycles. The van der Waals surface area contributed by atoms with E-state index in [0.717, 1.165) is 0 Å². The molecule has 1 atom stereocenters. The standard InChI is InChI=1S/C23H29N3O6/c1-7-31-23(30)18-13(3)16(14(4)24-18)20(27)17-19(15-9-8-12(2)32-15)26(11-10-25(5)6)22(29)21(17)28/h8-9,19,24,27H,7,10-11H2,1-6H3/b20-17-. The average molecular weight is 444 g/mol. The van der Waals surface area contributed by atoms with Crippen LogP contribution in [0.3, 0.4) is 0 Å². The molecule has 0 radical (unpaired) electrons. The Bertz CT molecular complexity index is 1090. The summed E-state index contributed by atoms with van der Waals surface area (Å²) in [7, 11) is 3.73. The highest BCUT2D eigenvalue weighted by atomic mass is 16.5. The van der Waals surface area contributed by atoms with Gasteiger partial charge in [-0.25, -0.2) is 4.79 Å². The number of furan rings is 1. The van der Waals surface area contributed by atoms with E-state index < -0.39 is 23.7 Å². The van der Waals surface area contributed by atoms with E-state index in [1.54, 1.807) is 39.8 Å². The summed E-state index contributed by atoms with van der Waals surface area (Å²) in [4.78, 5) is 44.5. The Kier molecular flexibility index (Phi) is 6.59. The number of nitrogens with zero attached hydrogens (tertiary/aromatic N) is 2. The lowest BCUT2D eigenvalue weighted by Gasteiger charge is -2.24. The molecule has 1 saturated heterocycles. The summed E-state index contributed by atoms with van der Waals surface area (Å²) < 4.78 is 10.8. The lowest BCUT2D eigenvalue weighted by Crippen LogP contribution is -2.35. The largest absolute Gasteiger partial charge is 0.507 e. The lowest BCUT2D eigenvalue weighted by atomic mass is 9.97. The van der Waals surface area contributed by atoms with E-state index in [4.69, 9.17) is 9.15 Å². The van der Waals surface area contributed by atoms with Crippen LogP contribution in [-0.2, 0) is 14.3 Å². The maximum atomic E-state index is 13.1. The first-order valence-electron chi connectivity index (χ1n) is 10.4. The summed E-state index contributed by atoms with van der Waals surface area (Å²) in [6, 6.07) is 2.57. The fourth-order valence-corrected chi connectivity index (χ4v) is 3.96. The van der Waals surface area contributed by atoms with Crippen molar-refractivity contribution < 1.29 is 28.6 Å². The molecule has 0 aliphatic carbocycles. The summed E-state index contributed by atoms with van der Waals surface area (Å²) in [5.74, 6) is -1.40. The van der Waals surface area contributed by atoms with Crippen LogP contribution in [0.15, 0.2) is 22.1 Å². The third-order valence-electron chi connectivity index (χ3n) is 5.51. The number of esters is 1. The Morgan fingerprint density at radius 2 is 1.94 bits per heavy atom. The van der Waals surface area contributed by atoms with Gasteiger partial charge in [0.1, 0.15) is 29.0 Å². The smallest absolute Gasteiger partial charge is 0.355 e. The molecule has 3 rings (SSSR count). The van der Waals surface area contributed by atoms with Crippen molar-refractivity contribution >= 4 is 23.4 Å². The molecule has 1 aliphatic heterocycles. The summed E-state index contributed by atoms with van der Waals surface area (Å²) in [6.45, 7) is 7.80. The Morgan fingerprint density at radius 1 is 1.25 bits per heavy atom. The molecule has 2 aromatic rings. The number of ketones is 1. The number of H-pyrrole nitrogens is 1. The third-order valence-corrected chi connectivity index (χ3v) is 5.51. The number of rotatable bonds is 7. The minimum Gasteiger partial charge on any atom is -0.507 e. The zero-order valence-electron chi connectivity index (χ0n) is 19.2. The van der Waals surface area contributed by atoms with E-state index in [9.17, 15) is 19.5 Å². The third kappa shape index (κ3) is 4.08. The molecular weight excluding hydrogens is 414 g/mol. The Balaban J connectivity index is 2.17. The number of amides is 1. The fraction of sp³-hybridized carbons (Fsp3) is 0.435. The Morgan fingerprint density at radius 3 is 2.50 bits per heavy atom. The molecule has 1 aliphatic rings. The summed E-state index contributed by atoms with van der Waals surface area (Å²) in [5.41, 5.74) is 1.35. The van der Waals surface area contributed by atoms with Gasteiger partial charge in [-0.15, -0.1) is 0 Å². The highest BCUT2D eigenvalue weighted by Crippen LogP contribution is 2.41. The predicted molar refractivity (Wildman–Crippen MR) is 117 cm³/mol. The zero-order chi connectivity index (χ0) is 23.7. The van der Waals surface area contributed by atoms with Crippen LogP contribution in [0, 0.1) is 20.8 Å². The number of aryl methyl sites for hydroxylation is 2. The number of likely N-dealkylation sites (tertiary alicyclic amines) is 1. The van der Waals surface area contributed by atoms with E-state index >= 15 is 0 Å². The minimum atomic E-state index is -0.872. The van der Waals surface area contributed by atoms with Gasteiger partial charge in [-0.1, -0.05) is 0 Å². The second-order valence-corrected chi connectivity index (χ2v) is 8.09. The number of ether oxygens (including phenoxy) is 1. The Labute approximate surface area is 186 Å². The van der Waals surface area contributed by atoms with Crippen LogP contribution in [0.5, 0.6) is 0 Å². The van der Waals surface area contributed by atoms with Crippen molar-refractivity contribution in [1.82, 2.24) is 14.8 Å². The number of aliphatic hydroxyl groups excluding tert-OH is 1. The second kappa shape index (κ2) is 9.04. The van der Waals surface area contributed by atoms with Crippen molar-refractivity contribution in [2.24, 2.45) is 0 Å². The highest BCUT2D eigenvalue weighted by Gasteiger charge is 2.47. The molecule has 2 N–H and O–H groups in total. The molecule has 1 unspecified atom stereocenters. The van der Waals surface area contributed by atoms with Crippen molar-refractivity contribution in [3.63, 3.8) is 0 Å². The van der Waals surface area contributed by atoms with Gasteiger partial charge in [0.25, 0.3) is 11.7 Å². The number of hydrogen-bond donors (Lipinski definition) is 2. The van der Waals surface area contributed by atoms with Crippen molar-refractivity contribution in [2.45, 2.75) is 33.7 Å². The number of Topliss-reactive ketones (excluding diaryl/α,β-unsaturated/α-hetero) is 1. The quantitative estimate of drug-likeness (QED) is 0.292. The minimum absolute atomic E-state index is 0.0660. The van der Waals surface area contributed by atoms with Crippen molar-refractivity contribution in [1.29, 1.82) is 0 Å². The first kappa shape index (κ1) is 23.3. The molecule has 9 nitrogen and oxygen atoms in total. The molecule has 0 bridgehead atoms. The molecule has 0 aromatic carbocycles. The van der Waals surface area contributed by atoms with Gasteiger partial charge in [0, 0.05) is 24.3 Å². The van der Waals surface area contributed by atoms with Gasteiger partial charge < -0.3 is 29.0 Å². The molecule has 1 fully saturated rings. The van der Waals surface area contributed by atoms with Crippen LogP contribution >= 0.6 is 0 Å². The number of aromatic amines is 1. The summed E-state index contributed by atoms with van der Waals surface area (Å²) in [5, 5.41) is 11.3. The number of nitrogens with one attached hydrogen (secondary N) is 1. The fourth-order valence-electron chi connectivity index (χ4n) is 3.96. The normalized spacial score (nSPS) is 18.1. The maximum Gasteiger partial charge on any atom is 0.355 e. The van der Waals surface area contributed by atoms with Crippen LogP contribution in [0.2, 0.25) is 0 Å². The number of aromatic nitrogens is 1. The number of carbonyl (C=O) groups excluding carboxylic acids is 3. The van der Waals surface area contributed by atoms with Crippen molar-refractivity contribution in [3.05, 3.63) is 51.7 Å². The summed E-state index contributed by atoms with van der Waals surface area (Å²) in [6.07, 6.45) is 0. The number of carbonyl (C=O) groups is 3. The predicted octanol–water partition coefficient (Wildman–Crippen LogP) is 2.69. The van der Waals surface area contributed by atoms with E-state index in [1.165, 1.54) is 4.90 Å². The van der Waals surface area contributed by atoms with Gasteiger partial charge in [-0.3, -0.25) is 9.59 Å². The van der Waals surface area contributed by atoms with Crippen LogP contribution < -0.4 is 0 Å². The maximum absolute atomic E-state index is 13.1. The average Bonchev–Trinajstić information content (AvgIpc) is 3.35. The van der Waals surface area contributed by atoms with Crippen LogP contribution in [0.25, 0.3) is 5.76 Å². The highest BCUT2D eigenvalue weighted by molar-refractivity contribution is 6.46. The lowest BCUT2D eigenvalue weighted by molar-refractivity contribution is -0.140. The van der Waals surface area contributed by atoms with Crippen molar-refractivity contribution in [2.75, 3.05) is 33.8 Å². The zero-order valence-corrected chi connectivity index (χ0v) is 19.2. The first-order chi connectivity index (χ1) is 15.1. The van der Waals surface area contributed by atoms with E-state index in [-0.39, 0.29) is 30.2 Å². The second-order valence-electron chi connectivity index (χ2n) is 8.09. The van der Waals surface area contributed by atoms with Gasteiger partial charge >= 0.3 is 5.97 Å². The number of hydrogen-bond acceptors (Lipinski definition) is 7. The monoisotopic (exact) mass is 443 g/mol. The van der Waals surface area contributed by atoms with E-state index in [2.05, 4.69) is 4.98 Å². The molecule has 172 valence electrons. The molecular formula is C23H29N3O6. The van der Waals surface area contributed by atoms with Gasteiger partial charge in [0.05, 0.1) is 12.2 Å².